The molecule has 9 heteroatoms. The van der Waals surface area contributed by atoms with E-state index in [1.807, 2.05) is 0 Å². The molecule has 0 radical (unpaired) electrons. The minimum Gasteiger partial charge on any atom is -0.480 e. The molecule has 1 aromatic carbocycles. The molecular weight excluding hydrogens is 353 g/mol. The third-order valence-corrected chi connectivity index (χ3v) is 4.00. The van der Waals surface area contributed by atoms with Crippen LogP contribution in [0.25, 0.3) is 0 Å². The van der Waals surface area contributed by atoms with Gasteiger partial charge in [-0.05, 0) is 30.5 Å². The molecule has 3 rings (SSSR count). The Morgan fingerprint density at radius 3 is 2.42 bits per heavy atom. The first-order valence-electron chi connectivity index (χ1n) is 7.88. The highest BCUT2D eigenvalue weighted by Crippen LogP contribution is 2.39. The first kappa shape index (κ1) is 18.0. The first-order valence-corrected chi connectivity index (χ1v) is 7.88. The third kappa shape index (κ3) is 4.22. The summed E-state index contributed by atoms with van der Waals surface area (Å²) in [6.45, 7) is -0.776. The maximum Gasteiger partial charge on any atom is 0.416 e. The third-order valence-electron chi connectivity index (χ3n) is 4.00. The molecule has 2 aromatic rings. The number of carbonyl (C=O) groups excluding carboxylic acids is 1. The molecule has 6 nitrogen and oxygen atoms in total. The highest BCUT2D eigenvalue weighted by molar-refractivity contribution is 5.93. The number of nitrogens with zero attached hydrogens (tertiary/aromatic N) is 2. The fourth-order valence-corrected chi connectivity index (χ4v) is 2.50. The van der Waals surface area contributed by atoms with Crippen LogP contribution in [0.1, 0.15) is 46.1 Å². The zero-order valence-electron chi connectivity index (χ0n) is 13.5. The van der Waals surface area contributed by atoms with E-state index in [0.717, 1.165) is 29.9 Å². The number of amides is 1. The average molecular weight is 368 g/mol. The van der Waals surface area contributed by atoms with Crippen LogP contribution in [0.2, 0.25) is 0 Å². The summed E-state index contributed by atoms with van der Waals surface area (Å²) < 4.78 is 42.9. The molecule has 0 saturated heterocycles. The van der Waals surface area contributed by atoms with Crippen molar-refractivity contribution in [1.82, 2.24) is 10.1 Å². The normalized spacial score (nSPS) is 14.3. The number of hydrogen-bond acceptors (Lipinski definition) is 4. The predicted molar refractivity (Wildman–Crippen MR) is 82.3 cm³/mol. The largest absolute Gasteiger partial charge is 0.480 e. The van der Waals surface area contributed by atoms with Gasteiger partial charge in [0.1, 0.15) is 6.54 Å². The van der Waals surface area contributed by atoms with Crippen molar-refractivity contribution in [2.75, 3.05) is 6.54 Å². The van der Waals surface area contributed by atoms with E-state index in [9.17, 15) is 22.8 Å². The quantitative estimate of drug-likeness (QED) is 0.846. The molecule has 138 valence electrons. The number of aromatic nitrogens is 1. The van der Waals surface area contributed by atoms with Crippen molar-refractivity contribution in [2.45, 2.75) is 31.5 Å². The summed E-state index contributed by atoms with van der Waals surface area (Å²) in [7, 11) is 0. The van der Waals surface area contributed by atoms with Crippen molar-refractivity contribution in [3.8, 4) is 0 Å². The molecular formula is C17H15F3N2O4. The lowest BCUT2D eigenvalue weighted by molar-refractivity contribution is -0.138. The molecule has 26 heavy (non-hydrogen) atoms. The molecule has 0 aliphatic heterocycles. The average Bonchev–Trinajstić information content (AvgIpc) is 3.30. The smallest absolute Gasteiger partial charge is 0.416 e. The van der Waals surface area contributed by atoms with Gasteiger partial charge in [0.15, 0.2) is 0 Å². The van der Waals surface area contributed by atoms with Crippen LogP contribution >= 0.6 is 0 Å². The Morgan fingerprint density at radius 1 is 1.23 bits per heavy atom. The van der Waals surface area contributed by atoms with Crippen LogP contribution in [-0.4, -0.2) is 33.6 Å². The maximum atomic E-state index is 12.6. The number of carboxylic acid groups (broad SMARTS) is 1. The van der Waals surface area contributed by atoms with E-state index >= 15 is 0 Å². The van der Waals surface area contributed by atoms with Gasteiger partial charge >= 0.3 is 12.1 Å². The molecule has 0 bridgehead atoms. The van der Waals surface area contributed by atoms with E-state index in [1.165, 1.54) is 18.2 Å². The van der Waals surface area contributed by atoms with Gasteiger partial charge < -0.3 is 14.5 Å². The van der Waals surface area contributed by atoms with Gasteiger partial charge in [-0.15, -0.1) is 0 Å². The van der Waals surface area contributed by atoms with Crippen LogP contribution in [-0.2, 0) is 17.5 Å². The lowest BCUT2D eigenvalue weighted by atomic mass is 10.1. The van der Waals surface area contributed by atoms with Crippen LogP contribution in [0.5, 0.6) is 0 Å². The van der Waals surface area contributed by atoms with Crippen LogP contribution < -0.4 is 0 Å². The zero-order valence-corrected chi connectivity index (χ0v) is 13.5. The van der Waals surface area contributed by atoms with Gasteiger partial charge in [-0.25, -0.2) is 0 Å². The minimum atomic E-state index is -4.46. The number of halogens is 3. The van der Waals surface area contributed by atoms with Crippen molar-refractivity contribution >= 4 is 11.9 Å². The lowest BCUT2D eigenvalue weighted by Crippen LogP contribution is -2.35. The van der Waals surface area contributed by atoms with Crippen molar-refractivity contribution in [3.63, 3.8) is 0 Å². The second-order valence-electron chi connectivity index (χ2n) is 6.14. The Kier molecular flexibility index (Phi) is 4.71. The van der Waals surface area contributed by atoms with Gasteiger partial charge in [0.05, 0.1) is 11.3 Å². The van der Waals surface area contributed by atoms with Crippen molar-refractivity contribution in [3.05, 3.63) is 52.9 Å². The minimum absolute atomic E-state index is 0.0833. The molecule has 1 N–H and O–H groups in total. The number of carbonyl (C=O) groups is 2. The fourth-order valence-electron chi connectivity index (χ4n) is 2.50. The second kappa shape index (κ2) is 6.81. The highest BCUT2D eigenvalue weighted by atomic mass is 19.4. The Morgan fingerprint density at radius 2 is 1.88 bits per heavy atom. The van der Waals surface area contributed by atoms with Gasteiger partial charge in [0, 0.05) is 18.5 Å². The summed E-state index contributed by atoms with van der Waals surface area (Å²) in [6.07, 6.45) is -2.54. The summed E-state index contributed by atoms with van der Waals surface area (Å²) in [4.78, 5) is 24.6. The topological polar surface area (TPSA) is 83.6 Å². The molecule has 1 aliphatic carbocycles. The molecule has 1 amide bonds. The van der Waals surface area contributed by atoms with E-state index in [4.69, 9.17) is 9.63 Å². The van der Waals surface area contributed by atoms with Gasteiger partial charge in [-0.1, -0.05) is 17.3 Å². The summed E-state index contributed by atoms with van der Waals surface area (Å²) in [5.41, 5.74) is 0.203. The number of alkyl halides is 3. The Hall–Kier alpha value is -2.84. The maximum absolute atomic E-state index is 12.6. The van der Waals surface area contributed by atoms with Gasteiger partial charge in [-0.2, -0.15) is 13.2 Å². The lowest BCUT2D eigenvalue weighted by Gasteiger charge is -2.19. The van der Waals surface area contributed by atoms with E-state index in [2.05, 4.69) is 5.16 Å². The van der Waals surface area contributed by atoms with Crippen molar-refractivity contribution in [2.24, 2.45) is 0 Å². The molecule has 0 atom stereocenters. The van der Waals surface area contributed by atoms with Crippen molar-refractivity contribution in [1.29, 1.82) is 0 Å². The van der Waals surface area contributed by atoms with Crippen LogP contribution in [0.3, 0.4) is 0 Å². The zero-order chi connectivity index (χ0) is 18.9. The molecule has 1 heterocycles. The number of hydrogen-bond donors (Lipinski definition) is 1. The monoisotopic (exact) mass is 368 g/mol. The summed E-state index contributed by atoms with van der Waals surface area (Å²) >= 11 is 0. The predicted octanol–water partition coefficient (Wildman–Crippen LogP) is 3.30. The first-order chi connectivity index (χ1) is 12.2. The Bertz CT molecular complexity index is 810. The highest BCUT2D eigenvalue weighted by Gasteiger charge is 2.31. The molecule has 1 aliphatic rings. The van der Waals surface area contributed by atoms with Crippen molar-refractivity contribution < 1.29 is 32.4 Å². The van der Waals surface area contributed by atoms with E-state index in [-0.39, 0.29) is 18.2 Å². The molecule has 1 aromatic heterocycles. The molecule has 1 fully saturated rings. The van der Waals surface area contributed by atoms with E-state index < -0.39 is 30.2 Å². The Balaban J connectivity index is 1.76. The number of rotatable bonds is 6. The van der Waals surface area contributed by atoms with Crippen LogP contribution in [0.4, 0.5) is 13.2 Å². The SMILES string of the molecule is O=C(O)CN(Cc1ccc(C(F)(F)F)cc1)C(=O)c1cc(C2CC2)no1. The van der Waals surface area contributed by atoms with E-state index in [1.54, 1.807) is 0 Å². The number of benzene rings is 1. The summed E-state index contributed by atoms with van der Waals surface area (Å²) in [5.74, 6) is -1.73. The standard InChI is InChI=1S/C17H15F3N2O4/c18-17(19,20)12-5-1-10(2-6-12)8-22(9-15(23)24)16(25)14-7-13(21-26-14)11-3-4-11/h1-2,5-7,11H,3-4,8-9H2,(H,23,24). The van der Waals surface area contributed by atoms with Gasteiger partial charge in [0.2, 0.25) is 5.76 Å². The van der Waals surface area contributed by atoms with E-state index in [0.29, 0.717) is 11.3 Å². The molecule has 0 unspecified atom stereocenters. The fraction of sp³-hybridized carbons (Fsp3) is 0.353. The Labute approximate surface area is 146 Å². The summed E-state index contributed by atoms with van der Waals surface area (Å²) in [6, 6.07) is 5.68. The van der Waals surface area contributed by atoms with Gasteiger partial charge in [-0.3, -0.25) is 9.59 Å². The van der Waals surface area contributed by atoms with Gasteiger partial charge in [0.25, 0.3) is 5.91 Å². The van der Waals surface area contributed by atoms with Crippen LogP contribution in [0, 0.1) is 0 Å². The number of aliphatic carboxylic acids is 1. The number of carboxylic acids is 1. The summed E-state index contributed by atoms with van der Waals surface area (Å²) in [5, 5.41) is 12.8. The second-order valence-corrected chi connectivity index (χ2v) is 6.14. The molecule has 0 spiro atoms. The van der Waals surface area contributed by atoms with Crippen LogP contribution in [0.15, 0.2) is 34.9 Å². The molecule has 1 saturated carbocycles.